The maximum atomic E-state index is 14.3. The van der Waals surface area contributed by atoms with Crippen molar-refractivity contribution >= 4 is 44.7 Å². The highest BCUT2D eigenvalue weighted by molar-refractivity contribution is 7.91. The molecule has 1 aromatic heterocycles. The van der Waals surface area contributed by atoms with Crippen LogP contribution < -0.4 is 15.4 Å². The number of amides is 3. The summed E-state index contributed by atoms with van der Waals surface area (Å²) in [6.07, 6.45) is -3.34. The Morgan fingerprint density at radius 1 is 1.10 bits per heavy atom. The molecule has 50 heavy (non-hydrogen) atoms. The Labute approximate surface area is 294 Å². The second-order valence-electron chi connectivity index (χ2n) is 12.4. The number of aliphatic hydroxyl groups is 1. The number of nitrogens with zero attached hydrogens (tertiary/aromatic N) is 2. The predicted molar refractivity (Wildman–Crippen MR) is 185 cm³/mol. The van der Waals surface area contributed by atoms with Crippen LogP contribution in [-0.2, 0) is 20.9 Å². The number of rotatable bonds is 8. The molecule has 0 fully saturated rings. The fourth-order valence-electron chi connectivity index (χ4n) is 5.41. The van der Waals surface area contributed by atoms with Crippen molar-refractivity contribution in [3.63, 3.8) is 0 Å². The molecule has 4 rings (SSSR count). The zero-order valence-corrected chi connectivity index (χ0v) is 29.9. The fourth-order valence-corrected chi connectivity index (χ4v) is 7.80. The molecule has 274 valence electrons. The van der Waals surface area contributed by atoms with E-state index in [1.807, 2.05) is 13.8 Å². The van der Waals surface area contributed by atoms with Crippen LogP contribution in [0.3, 0.4) is 0 Å². The molecule has 16 heteroatoms. The van der Waals surface area contributed by atoms with E-state index < -0.39 is 45.8 Å². The highest BCUT2D eigenvalue weighted by Crippen LogP contribution is 2.31. The van der Waals surface area contributed by atoms with Crippen LogP contribution in [0.25, 0.3) is 0 Å². The molecule has 0 aliphatic carbocycles. The van der Waals surface area contributed by atoms with Crippen molar-refractivity contribution in [2.24, 2.45) is 5.92 Å². The van der Waals surface area contributed by atoms with Gasteiger partial charge in [0.25, 0.3) is 15.9 Å². The predicted octanol–water partition coefficient (Wildman–Crippen LogP) is 6.53. The lowest BCUT2D eigenvalue weighted by Gasteiger charge is -2.35. The summed E-state index contributed by atoms with van der Waals surface area (Å²) in [5.74, 6) is -0.607. The highest BCUT2D eigenvalue weighted by atomic mass is 32.2. The van der Waals surface area contributed by atoms with Gasteiger partial charge in [-0.15, -0.1) is 11.3 Å². The summed E-state index contributed by atoms with van der Waals surface area (Å²) < 4.78 is 79.2. The van der Waals surface area contributed by atoms with Crippen LogP contribution in [0.4, 0.5) is 29.3 Å². The smallest absolute Gasteiger partial charge is 0.416 e. The van der Waals surface area contributed by atoms with Crippen molar-refractivity contribution in [3.8, 4) is 5.75 Å². The molecule has 3 aromatic rings. The van der Waals surface area contributed by atoms with Crippen molar-refractivity contribution in [2.45, 2.75) is 68.7 Å². The number of fused-ring (bicyclic) bond motifs is 1. The summed E-state index contributed by atoms with van der Waals surface area (Å²) >= 11 is 1.12. The van der Waals surface area contributed by atoms with Gasteiger partial charge in [0.1, 0.15) is 9.96 Å². The van der Waals surface area contributed by atoms with Gasteiger partial charge in [0, 0.05) is 44.0 Å². The van der Waals surface area contributed by atoms with Crippen molar-refractivity contribution in [2.75, 3.05) is 44.0 Å². The maximum absolute atomic E-state index is 14.3. The van der Waals surface area contributed by atoms with Crippen LogP contribution in [0.1, 0.15) is 56.0 Å². The van der Waals surface area contributed by atoms with E-state index in [1.54, 1.807) is 36.6 Å². The number of carbonyl (C=O) groups is 2. The van der Waals surface area contributed by atoms with Crippen molar-refractivity contribution < 1.29 is 45.8 Å². The lowest BCUT2D eigenvalue weighted by molar-refractivity contribution is -0.137. The number of anilines is 2. The van der Waals surface area contributed by atoms with Crippen LogP contribution in [0.5, 0.6) is 5.75 Å². The van der Waals surface area contributed by atoms with Crippen molar-refractivity contribution in [3.05, 3.63) is 71.1 Å². The molecule has 11 nitrogen and oxygen atoms in total. The summed E-state index contributed by atoms with van der Waals surface area (Å²) in [5, 5.41) is 17.0. The number of hydrogen-bond donors (Lipinski definition) is 3. The number of benzene rings is 2. The van der Waals surface area contributed by atoms with Gasteiger partial charge in [0.05, 0.1) is 36.0 Å². The third-order valence-corrected chi connectivity index (χ3v) is 11.6. The SMILES string of the molecule is C[C@H]1CCCCO[C@@H](CN(C)S(=O)(=O)c2cccs2)[C@@H](C)CN([C@@H](C)CO)C(=O)c2cc(NC(=O)Nc3ccc(C(F)(F)F)cc3)ccc2O1. The van der Waals surface area contributed by atoms with Crippen LogP contribution in [0, 0.1) is 5.92 Å². The normalized spacial score (nSPS) is 20.4. The van der Waals surface area contributed by atoms with Crippen LogP contribution >= 0.6 is 11.3 Å². The van der Waals surface area contributed by atoms with Crippen LogP contribution in [0.2, 0.25) is 0 Å². The second-order valence-corrected chi connectivity index (χ2v) is 15.6. The van der Waals surface area contributed by atoms with E-state index >= 15 is 0 Å². The Kier molecular flexibility index (Phi) is 13.3. The molecule has 0 saturated carbocycles. The van der Waals surface area contributed by atoms with Crippen molar-refractivity contribution in [1.29, 1.82) is 0 Å². The van der Waals surface area contributed by atoms with E-state index in [0.717, 1.165) is 42.0 Å². The molecule has 2 heterocycles. The van der Waals surface area contributed by atoms with E-state index in [0.29, 0.717) is 19.4 Å². The fraction of sp³-hybridized carbons (Fsp3) is 0.471. The van der Waals surface area contributed by atoms with Gasteiger partial charge in [-0.2, -0.15) is 17.5 Å². The number of aliphatic hydroxyl groups excluding tert-OH is 1. The van der Waals surface area contributed by atoms with E-state index in [4.69, 9.17) is 9.47 Å². The average molecular weight is 741 g/mol. The molecule has 0 spiro atoms. The average Bonchev–Trinajstić information content (AvgIpc) is 3.62. The van der Waals surface area contributed by atoms with Gasteiger partial charge in [0.15, 0.2) is 0 Å². The highest BCUT2D eigenvalue weighted by Gasteiger charge is 2.33. The maximum Gasteiger partial charge on any atom is 0.416 e. The van der Waals surface area contributed by atoms with Gasteiger partial charge in [-0.05, 0) is 87.0 Å². The minimum absolute atomic E-state index is 0.0369. The van der Waals surface area contributed by atoms with Gasteiger partial charge < -0.3 is 30.1 Å². The quantitative estimate of drug-likeness (QED) is 0.239. The van der Waals surface area contributed by atoms with Crippen LogP contribution in [0.15, 0.2) is 64.2 Å². The Balaban J connectivity index is 1.60. The van der Waals surface area contributed by atoms with Gasteiger partial charge >= 0.3 is 12.2 Å². The lowest BCUT2D eigenvalue weighted by Crippen LogP contribution is -2.48. The number of likely N-dealkylation sites (N-methyl/N-ethyl adjacent to an activating group) is 1. The van der Waals surface area contributed by atoms with Gasteiger partial charge in [-0.1, -0.05) is 13.0 Å². The Morgan fingerprint density at radius 3 is 2.42 bits per heavy atom. The molecule has 4 atom stereocenters. The Hall–Kier alpha value is -3.70. The summed E-state index contributed by atoms with van der Waals surface area (Å²) in [6, 6.07) is 10.3. The largest absolute Gasteiger partial charge is 0.490 e. The minimum atomic E-state index is -4.52. The summed E-state index contributed by atoms with van der Waals surface area (Å²) in [6.45, 7) is 5.55. The van der Waals surface area contributed by atoms with Gasteiger partial charge in [-0.25, -0.2) is 13.2 Å². The number of ether oxygens (including phenoxy) is 2. The first-order valence-electron chi connectivity index (χ1n) is 16.2. The van der Waals surface area contributed by atoms with Gasteiger partial charge in [-0.3, -0.25) is 4.79 Å². The zero-order chi connectivity index (χ0) is 36.6. The van der Waals surface area contributed by atoms with Crippen LogP contribution in [-0.4, -0.2) is 86.3 Å². The number of nitrogens with one attached hydrogen (secondary N) is 2. The molecule has 2 aromatic carbocycles. The number of hydrogen-bond acceptors (Lipinski definition) is 8. The first kappa shape index (κ1) is 39.1. The summed E-state index contributed by atoms with van der Waals surface area (Å²) in [7, 11) is -2.27. The number of sulfonamides is 1. The van der Waals surface area contributed by atoms with E-state index in [9.17, 15) is 36.3 Å². The Bertz CT molecular complexity index is 1690. The monoisotopic (exact) mass is 740 g/mol. The molecule has 3 amide bonds. The number of urea groups is 1. The van der Waals surface area contributed by atoms with Crippen molar-refractivity contribution in [1.82, 2.24) is 9.21 Å². The lowest BCUT2D eigenvalue weighted by atomic mass is 10.0. The summed E-state index contributed by atoms with van der Waals surface area (Å²) in [5.41, 5.74) is -0.398. The number of carbonyl (C=O) groups excluding carboxylic acids is 2. The molecular formula is C34H43F3N4O7S2. The molecule has 3 N–H and O–H groups in total. The number of alkyl halides is 3. The molecule has 1 aliphatic rings. The third kappa shape index (κ3) is 10.2. The topological polar surface area (TPSA) is 138 Å². The molecule has 1 aliphatic heterocycles. The zero-order valence-electron chi connectivity index (χ0n) is 28.3. The van der Waals surface area contributed by atoms with E-state index in [1.165, 1.54) is 22.3 Å². The third-order valence-electron chi connectivity index (χ3n) is 8.38. The molecule has 0 bridgehead atoms. The standard InChI is InChI=1S/C34H43F3N4O7S2/c1-22-19-41(23(2)21-42)32(43)28-18-27(39-33(44)38-26-12-10-25(11-13-26)34(35,36)37)14-15-29(28)48-24(3)8-5-6-16-47-30(22)20-40(4)50(45,46)31-9-7-17-49-31/h7,9-15,17-18,22-24,30,42H,5-6,8,16,19-21H2,1-4H3,(H2,38,39,44)/t22-,23-,24-,30-/m0/s1. The summed E-state index contributed by atoms with van der Waals surface area (Å²) in [4.78, 5) is 28.6. The van der Waals surface area contributed by atoms with E-state index in [2.05, 4.69) is 10.6 Å². The molecule has 0 radical (unpaired) electrons. The molecule has 0 saturated heterocycles. The molecular weight excluding hydrogens is 698 g/mol. The Morgan fingerprint density at radius 2 is 1.78 bits per heavy atom. The van der Waals surface area contributed by atoms with E-state index in [-0.39, 0.29) is 58.6 Å². The first-order chi connectivity index (χ1) is 23.6. The number of halogens is 3. The second kappa shape index (κ2) is 17.0. The molecule has 0 unspecified atom stereocenters. The van der Waals surface area contributed by atoms with Gasteiger partial charge in [0.2, 0.25) is 0 Å². The number of thiophene rings is 1. The minimum Gasteiger partial charge on any atom is -0.490 e. The first-order valence-corrected chi connectivity index (χ1v) is 18.5.